The Kier molecular flexibility index (Phi) is 6.46. The van der Waals surface area contributed by atoms with E-state index >= 15 is 0 Å². The van der Waals surface area contributed by atoms with E-state index in [4.69, 9.17) is 9.47 Å². The van der Waals surface area contributed by atoms with Crippen molar-refractivity contribution in [1.82, 2.24) is 9.97 Å². The van der Waals surface area contributed by atoms with Gasteiger partial charge in [-0.1, -0.05) is 18.7 Å². The van der Waals surface area contributed by atoms with Crippen LogP contribution in [0, 0.1) is 6.92 Å². The SMILES string of the molecule is CCc1nc(SCC(=O)Nc2ccc(OC)c(OC)c2)[nH]c(=O)c1C. The molecule has 2 aromatic rings. The van der Waals surface area contributed by atoms with Gasteiger partial charge in [-0.2, -0.15) is 0 Å². The molecule has 0 aliphatic carbocycles. The van der Waals surface area contributed by atoms with Crippen LogP contribution in [0.4, 0.5) is 5.69 Å². The summed E-state index contributed by atoms with van der Waals surface area (Å²) in [6.45, 7) is 3.68. The smallest absolute Gasteiger partial charge is 0.254 e. The lowest BCUT2D eigenvalue weighted by molar-refractivity contribution is -0.113. The van der Waals surface area contributed by atoms with Gasteiger partial charge in [0.05, 0.1) is 25.7 Å². The van der Waals surface area contributed by atoms with Gasteiger partial charge in [0.2, 0.25) is 5.91 Å². The van der Waals surface area contributed by atoms with Crippen molar-refractivity contribution in [2.45, 2.75) is 25.4 Å². The van der Waals surface area contributed by atoms with E-state index in [0.717, 1.165) is 5.69 Å². The molecule has 7 nitrogen and oxygen atoms in total. The van der Waals surface area contributed by atoms with Crippen LogP contribution in [0.2, 0.25) is 0 Å². The standard InChI is InChI=1S/C17H21N3O4S/c1-5-12-10(2)16(22)20-17(19-12)25-9-15(21)18-11-6-7-13(23-3)14(8-11)24-4/h6-8H,5,9H2,1-4H3,(H,18,21)(H,19,20,22). The number of H-pyrrole nitrogens is 1. The normalized spacial score (nSPS) is 10.4. The van der Waals surface area contributed by atoms with Gasteiger partial charge in [-0.05, 0) is 25.5 Å². The van der Waals surface area contributed by atoms with Crippen LogP contribution in [-0.2, 0) is 11.2 Å². The zero-order valence-corrected chi connectivity index (χ0v) is 15.5. The topological polar surface area (TPSA) is 93.3 Å². The fraction of sp³-hybridized carbons (Fsp3) is 0.353. The molecule has 0 unspecified atom stereocenters. The molecule has 1 amide bonds. The van der Waals surface area contributed by atoms with Gasteiger partial charge in [0, 0.05) is 17.3 Å². The molecular weight excluding hydrogens is 342 g/mol. The summed E-state index contributed by atoms with van der Waals surface area (Å²) < 4.78 is 10.4. The van der Waals surface area contributed by atoms with Gasteiger partial charge < -0.3 is 19.8 Å². The fourth-order valence-corrected chi connectivity index (χ4v) is 2.89. The molecule has 8 heteroatoms. The number of nitrogens with one attached hydrogen (secondary N) is 2. The summed E-state index contributed by atoms with van der Waals surface area (Å²) in [7, 11) is 3.08. The van der Waals surface area contributed by atoms with Crippen molar-refractivity contribution < 1.29 is 14.3 Å². The first-order valence-electron chi connectivity index (χ1n) is 7.73. The molecule has 2 N–H and O–H groups in total. The molecule has 0 radical (unpaired) electrons. The van der Waals surface area contributed by atoms with Crippen molar-refractivity contribution in [2.75, 3.05) is 25.3 Å². The fourth-order valence-electron chi connectivity index (χ4n) is 2.21. The van der Waals surface area contributed by atoms with Crippen LogP contribution < -0.4 is 20.3 Å². The summed E-state index contributed by atoms with van der Waals surface area (Å²) in [6.07, 6.45) is 0.668. The molecule has 0 aliphatic rings. The van der Waals surface area contributed by atoms with Crippen molar-refractivity contribution in [1.29, 1.82) is 0 Å². The molecule has 0 saturated heterocycles. The minimum Gasteiger partial charge on any atom is -0.493 e. The summed E-state index contributed by atoms with van der Waals surface area (Å²) in [6, 6.07) is 5.13. The Hall–Kier alpha value is -2.48. The Morgan fingerprint density at radius 3 is 2.64 bits per heavy atom. The maximum atomic E-state index is 12.1. The van der Waals surface area contributed by atoms with Crippen LogP contribution in [0.5, 0.6) is 11.5 Å². The van der Waals surface area contributed by atoms with E-state index in [9.17, 15) is 9.59 Å². The minimum atomic E-state index is -0.210. The zero-order chi connectivity index (χ0) is 18.4. The molecule has 1 aromatic carbocycles. The van der Waals surface area contributed by atoms with Gasteiger partial charge in [-0.3, -0.25) is 9.59 Å². The van der Waals surface area contributed by atoms with Crippen molar-refractivity contribution in [2.24, 2.45) is 0 Å². The number of amides is 1. The highest BCUT2D eigenvalue weighted by molar-refractivity contribution is 7.99. The number of rotatable bonds is 7. The summed E-state index contributed by atoms with van der Waals surface area (Å²) in [4.78, 5) is 31.0. The monoisotopic (exact) mass is 363 g/mol. The van der Waals surface area contributed by atoms with Crippen molar-refractivity contribution >= 4 is 23.4 Å². The Labute approximate surface area is 150 Å². The van der Waals surface area contributed by atoms with E-state index in [1.54, 1.807) is 32.2 Å². The zero-order valence-electron chi connectivity index (χ0n) is 14.6. The van der Waals surface area contributed by atoms with Gasteiger partial charge in [0.1, 0.15) is 0 Å². The number of anilines is 1. The second-order valence-electron chi connectivity index (χ2n) is 5.20. The molecule has 0 aliphatic heterocycles. The second kappa shape index (κ2) is 8.57. The van der Waals surface area contributed by atoms with Crippen LogP contribution in [0.1, 0.15) is 18.2 Å². The van der Waals surface area contributed by atoms with E-state index < -0.39 is 0 Å². The van der Waals surface area contributed by atoms with Gasteiger partial charge in [-0.15, -0.1) is 0 Å². The number of carbonyl (C=O) groups is 1. The Morgan fingerprint density at radius 1 is 1.28 bits per heavy atom. The van der Waals surface area contributed by atoms with Crippen molar-refractivity contribution in [3.63, 3.8) is 0 Å². The third kappa shape index (κ3) is 4.76. The average molecular weight is 363 g/mol. The number of nitrogens with zero attached hydrogens (tertiary/aromatic N) is 1. The van der Waals surface area contributed by atoms with Crippen LogP contribution in [0.3, 0.4) is 0 Å². The van der Waals surface area contributed by atoms with Gasteiger partial charge in [0.15, 0.2) is 16.7 Å². The minimum absolute atomic E-state index is 0.128. The highest BCUT2D eigenvalue weighted by atomic mass is 32.2. The van der Waals surface area contributed by atoms with Crippen LogP contribution in [0.15, 0.2) is 28.2 Å². The molecule has 0 fully saturated rings. The molecule has 0 saturated carbocycles. The molecule has 25 heavy (non-hydrogen) atoms. The quantitative estimate of drug-likeness (QED) is 0.579. The molecular formula is C17H21N3O4S. The predicted octanol–water partition coefficient (Wildman–Crippen LogP) is 2.39. The third-order valence-electron chi connectivity index (χ3n) is 3.57. The van der Waals surface area contributed by atoms with E-state index in [2.05, 4.69) is 15.3 Å². The number of hydrogen-bond acceptors (Lipinski definition) is 6. The Balaban J connectivity index is 2.02. The van der Waals surface area contributed by atoms with Crippen LogP contribution in [0.25, 0.3) is 0 Å². The summed E-state index contributed by atoms with van der Waals surface area (Å²) in [5.41, 5.74) is 1.78. The number of aromatic nitrogens is 2. The van der Waals surface area contributed by atoms with Gasteiger partial charge in [-0.25, -0.2) is 4.98 Å². The van der Waals surface area contributed by atoms with Crippen LogP contribution >= 0.6 is 11.8 Å². The number of aromatic amines is 1. The van der Waals surface area contributed by atoms with Gasteiger partial charge in [0.25, 0.3) is 5.56 Å². The van der Waals surface area contributed by atoms with E-state index in [-0.39, 0.29) is 17.2 Å². The molecule has 1 heterocycles. The molecule has 2 rings (SSSR count). The molecule has 134 valence electrons. The lowest BCUT2D eigenvalue weighted by Gasteiger charge is -2.10. The van der Waals surface area contributed by atoms with Crippen molar-refractivity contribution in [3.8, 4) is 11.5 Å². The summed E-state index contributed by atoms with van der Waals surface area (Å²) in [5, 5.41) is 3.22. The first kappa shape index (κ1) is 18.9. The lowest BCUT2D eigenvalue weighted by Crippen LogP contribution is -2.18. The Morgan fingerprint density at radius 2 is 2.00 bits per heavy atom. The molecule has 1 aromatic heterocycles. The number of aryl methyl sites for hydroxylation is 1. The maximum absolute atomic E-state index is 12.1. The Bertz CT molecular complexity index is 820. The first-order valence-corrected chi connectivity index (χ1v) is 8.71. The maximum Gasteiger partial charge on any atom is 0.254 e. The number of benzene rings is 1. The molecule has 0 spiro atoms. The summed E-state index contributed by atoms with van der Waals surface area (Å²) >= 11 is 1.18. The van der Waals surface area contributed by atoms with Gasteiger partial charge >= 0.3 is 0 Å². The first-order chi connectivity index (χ1) is 12.0. The number of thioether (sulfide) groups is 1. The second-order valence-corrected chi connectivity index (χ2v) is 6.17. The molecule has 0 atom stereocenters. The third-order valence-corrected chi connectivity index (χ3v) is 4.45. The highest BCUT2D eigenvalue weighted by Crippen LogP contribution is 2.29. The van der Waals surface area contributed by atoms with E-state index in [0.29, 0.717) is 34.3 Å². The molecule has 0 bridgehead atoms. The average Bonchev–Trinajstić information content (AvgIpc) is 2.62. The summed E-state index contributed by atoms with van der Waals surface area (Å²) in [5.74, 6) is 1.04. The number of ether oxygens (including phenoxy) is 2. The van der Waals surface area contributed by atoms with Crippen LogP contribution in [-0.4, -0.2) is 35.8 Å². The highest BCUT2D eigenvalue weighted by Gasteiger charge is 2.10. The number of hydrogen-bond donors (Lipinski definition) is 2. The largest absolute Gasteiger partial charge is 0.493 e. The predicted molar refractivity (Wildman–Crippen MR) is 97.9 cm³/mol. The van der Waals surface area contributed by atoms with E-state index in [1.807, 2.05) is 6.92 Å². The number of carbonyl (C=O) groups excluding carboxylic acids is 1. The van der Waals surface area contributed by atoms with E-state index in [1.165, 1.54) is 18.9 Å². The van der Waals surface area contributed by atoms with Crippen molar-refractivity contribution in [3.05, 3.63) is 39.8 Å². The lowest BCUT2D eigenvalue weighted by atomic mass is 10.2. The number of methoxy groups -OCH3 is 2.